The first-order valence-electron chi connectivity index (χ1n) is 7.21. The summed E-state index contributed by atoms with van der Waals surface area (Å²) in [5.74, 6) is 0.325. The molecule has 0 spiro atoms. The number of para-hydroxylation sites is 2. The van der Waals surface area contributed by atoms with Gasteiger partial charge in [0, 0.05) is 23.7 Å². The zero-order valence-corrected chi connectivity index (χ0v) is 13.0. The number of hydrogen-bond donors (Lipinski definition) is 1. The van der Waals surface area contributed by atoms with Crippen LogP contribution in [0.15, 0.2) is 48.5 Å². The highest BCUT2D eigenvalue weighted by atomic mass is 35.5. The van der Waals surface area contributed by atoms with Gasteiger partial charge in [-0.2, -0.15) is 0 Å². The molecule has 0 saturated carbocycles. The molecular weight excluding hydrogens is 316 g/mol. The molecule has 1 N–H and O–H groups in total. The SMILES string of the molecule is O=C(CCN1C(=O)COc2ccccc21)Nc1cccc(Cl)c1. The Morgan fingerprint density at radius 3 is 2.87 bits per heavy atom. The van der Waals surface area contributed by atoms with E-state index in [9.17, 15) is 9.59 Å². The van der Waals surface area contributed by atoms with Crippen LogP contribution < -0.4 is 15.0 Å². The van der Waals surface area contributed by atoms with Gasteiger partial charge < -0.3 is 15.0 Å². The van der Waals surface area contributed by atoms with Crippen molar-refractivity contribution in [3.63, 3.8) is 0 Å². The van der Waals surface area contributed by atoms with Crippen molar-refractivity contribution in [2.75, 3.05) is 23.4 Å². The molecule has 6 heteroatoms. The van der Waals surface area contributed by atoms with Gasteiger partial charge in [-0.25, -0.2) is 0 Å². The van der Waals surface area contributed by atoms with Crippen LogP contribution in [0.25, 0.3) is 0 Å². The summed E-state index contributed by atoms with van der Waals surface area (Å²) in [5, 5.41) is 3.32. The average molecular weight is 331 g/mol. The summed E-state index contributed by atoms with van der Waals surface area (Å²) in [7, 11) is 0. The van der Waals surface area contributed by atoms with Gasteiger partial charge in [0.2, 0.25) is 5.91 Å². The third-order valence-electron chi connectivity index (χ3n) is 3.48. The van der Waals surface area contributed by atoms with Crippen molar-refractivity contribution < 1.29 is 14.3 Å². The molecule has 1 aliphatic heterocycles. The second-order valence-electron chi connectivity index (χ2n) is 5.11. The standard InChI is InChI=1S/C17H15ClN2O3/c18-12-4-3-5-13(10-12)19-16(21)8-9-20-14-6-1-2-7-15(14)23-11-17(20)22/h1-7,10H,8-9,11H2,(H,19,21). The highest BCUT2D eigenvalue weighted by molar-refractivity contribution is 6.30. The number of nitrogens with one attached hydrogen (secondary N) is 1. The second-order valence-corrected chi connectivity index (χ2v) is 5.55. The highest BCUT2D eigenvalue weighted by Gasteiger charge is 2.25. The third kappa shape index (κ3) is 3.63. The number of amides is 2. The van der Waals surface area contributed by atoms with Gasteiger partial charge in [0.25, 0.3) is 5.91 Å². The molecular formula is C17H15ClN2O3. The summed E-state index contributed by atoms with van der Waals surface area (Å²) in [4.78, 5) is 25.7. The minimum Gasteiger partial charge on any atom is -0.482 e. The normalized spacial score (nSPS) is 13.3. The quantitative estimate of drug-likeness (QED) is 0.937. The molecule has 1 aliphatic rings. The van der Waals surface area contributed by atoms with E-state index in [4.69, 9.17) is 16.3 Å². The van der Waals surface area contributed by atoms with E-state index >= 15 is 0 Å². The van der Waals surface area contributed by atoms with Crippen LogP contribution in [0.1, 0.15) is 6.42 Å². The molecule has 0 saturated heterocycles. The average Bonchev–Trinajstić information content (AvgIpc) is 2.54. The van der Waals surface area contributed by atoms with Crippen LogP contribution in [-0.4, -0.2) is 25.0 Å². The van der Waals surface area contributed by atoms with Gasteiger partial charge in [0.1, 0.15) is 5.75 Å². The lowest BCUT2D eigenvalue weighted by atomic mass is 10.2. The van der Waals surface area contributed by atoms with Crippen LogP contribution in [-0.2, 0) is 9.59 Å². The minimum absolute atomic E-state index is 0.00702. The molecule has 0 aromatic heterocycles. The second kappa shape index (κ2) is 6.71. The van der Waals surface area contributed by atoms with Crippen molar-refractivity contribution in [2.24, 2.45) is 0 Å². The maximum absolute atomic E-state index is 12.1. The number of nitrogens with zero attached hydrogens (tertiary/aromatic N) is 1. The molecule has 0 bridgehead atoms. The highest BCUT2D eigenvalue weighted by Crippen LogP contribution is 2.31. The molecule has 2 amide bonds. The minimum atomic E-state index is -0.177. The van der Waals surface area contributed by atoms with Crippen LogP contribution in [0.3, 0.4) is 0 Å². The molecule has 3 rings (SSSR count). The summed E-state index contributed by atoms with van der Waals surface area (Å²) in [6, 6.07) is 14.2. The molecule has 2 aromatic carbocycles. The summed E-state index contributed by atoms with van der Waals surface area (Å²) in [6.45, 7) is 0.290. The monoisotopic (exact) mass is 330 g/mol. The van der Waals surface area contributed by atoms with Crippen molar-refractivity contribution in [2.45, 2.75) is 6.42 Å². The van der Waals surface area contributed by atoms with Crippen molar-refractivity contribution in [1.29, 1.82) is 0 Å². The zero-order valence-electron chi connectivity index (χ0n) is 12.3. The van der Waals surface area contributed by atoms with Gasteiger partial charge in [0.05, 0.1) is 5.69 Å². The number of carbonyl (C=O) groups excluding carboxylic acids is 2. The van der Waals surface area contributed by atoms with E-state index in [1.807, 2.05) is 12.1 Å². The van der Waals surface area contributed by atoms with Crippen LogP contribution in [0.2, 0.25) is 5.02 Å². The molecule has 0 aliphatic carbocycles. The van der Waals surface area contributed by atoms with E-state index in [1.54, 1.807) is 41.3 Å². The number of rotatable bonds is 4. The number of fused-ring (bicyclic) bond motifs is 1. The largest absolute Gasteiger partial charge is 0.482 e. The Morgan fingerprint density at radius 1 is 1.22 bits per heavy atom. The van der Waals surface area contributed by atoms with Gasteiger partial charge in [-0.15, -0.1) is 0 Å². The van der Waals surface area contributed by atoms with Crippen LogP contribution >= 0.6 is 11.6 Å². The summed E-state index contributed by atoms with van der Waals surface area (Å²) in [6.07, 6.45) is 0.187. The fourth-order valence-electron chi connectivity index (χ4n) is 2.40. The number of anilines is 2. The molecule has 0 atom stereocenters. The first-order chi connectivity index (χ1) is 11.1. The number of benzene rings is 2. The van der Waals surface area contributed by atoms with E-state index in [0.29, 0.717) is 28.7 Å². The summed E-state index contributed by atoms with van der Waals surface area (Å²) in [5.41, 5.74) is 1.33. The van der Waals surface area contributed by atoms with Crippen molar-refractivity contribution >= 4 is 34.8 Å². The van der Waals surface area contributed by atoms with Crippen molar-refractivity contribution in [3.8, 4) is 5.75 Å². The molecule has 2 aromatic rings. The lowest BCUT2D eigenvalue weighted by molar-refractivity contribution is -0.121. The lowest BCUT2D eigenvalue weighted by Crippen LogP contribution is -2.40. The summed E-state index contributed by atoms with van der Waals surface area (Å²) >= 11 is 5.88. The Morgan fingerprint density at radius 2 is 2.04 bits per heavy atom. The van der Waals surface area contributed by atoms with E-state index in [1.165, 1.54) is 0 Å². The number of halogens is 1. The molecule has 0 radical (unpaired) electrons. The molecule has 23 heavy (non-hydrogen) atoms. The van der Waals surface area contributed by atoms with Crippen LogP contribution in [0.4, 0.5) is 11.4 Å². The number of hydrogen-bond acceptors (Lipinski definition) is 3. The molecule has 0 fully saturated rings. The van der Waals surface area contributed by atoms with Crippen LogP contribution in [0, 0.1) is 0 Å². The van der Waals surface area contributed by atoms with Crippen LogP contribution in [0.5, 0.6) is 5.75 Å². The number of carbonyl (C=O) groups is 2. The predicted molar refractivity (Wildman–Crippen MR) is 89.0 cm³/mol. The third-order valence-corrected chi connectivity index (χ3v) is 3.71. The number of ether oxygens (including phenoxy) is 1. The lowest BCUT2D eigenvalue weighted by Gasteiger charge is -2.29. The fraction of sp³-hybridized carbons (Fsp3) is 0.176. The van der Waals surface area contributed by atoms with Crippen molar-refractivity contribution in [3.05, 3.63) is 53.6 Å². The van der Waals surface area contributed by atoms with E-state index in [-0.39, 0.29) is 24.8 Å². The van der Waals surface area contributed by atoms with Gasteiger partial charge in [-0.1, -0.05) is 29.8 Å². The van der Waals surface area contributed by atoms with Gasteiger partial charge in [0.15, 0.2) is 6.61 Å². The van der Waals surface area contributed by atoms with E-state index in [0.717, 1.165) is 0 Å². The predicted octanol–water partition coefficient (Wildman–Crippen LogP) is 3.09. The van der Waals surface area contributed by atoms with Crippen molar-refractivity contribution in [1.82, 2.24) is 0 Å². The Hall–Kier alpha value is -2.53. The molecule has 118 valence electrons. The Bertz CT molecular complexity index is 748. The van der Waals surface area contributed by atoms with E-state index < -0.39 is 0 Å². The molecule has 1 heterocycles. The maximum atomic E-state index is 12.1. The van der Waals surface area contributed by atoms with Gasteiger partial charge >= 0.3 is 0 Å². The molecule has 0 unspecified atom stereocenters. The zero-order chi connectivity index (χ0) is 16.2. The topological polar surface area (TPSA) is 58.6 Å². The van der Waals surface area contributed by atoms with E-state index in [2.05, 4.69) is 5.32 Å². The van der Waals surface area contributed by atoms with Gasteiger partial charge in [-0.3, -0.25) is 9.59 Å². The summed E-state index contributed by atoms with van der Waals surface area (Å²) < 4.78 is 5.38. The first kappa shape index (κ1) is 15.4. The molecule has 5 nitrogen and oxygen atoms in total. The maximum Gasteiger partial charge on any atom is 0.265 e. The Balaban J connectivity index is 1.64. The smallest absolute Gasteiger partial charge is 0.265 e. The fourth-order valence-corrected chi connectivity index (χ4v) is 2.59. The van der Waals surface area contributed by atoms with Gasteiger partial charge in [-0.05, 0) is 30.3 Å². The Kier molecular flexibility index (Phi) is 4.48. The Labute approximate surface area is 138 Å². The first-order valence-corrected chi connectivity index (χ1v) is 7.59.